The first-order chi connectivity index (χ1) is 13.0. The van der Waals surface area contributed by atoms with Gasteiger partial charge in [0, 0.05) is 24.1 Å². The minimum absolute atomic E-state index is 0.0756. The van der Waals surface area contributed by atoms with Crippen molar-refractivity contribution >= 4 is 43.8 Å². The van der Waals surface area contributed by atoms with Gasteiger partial charge in [0.25, 0.3) is 0 Å². The lowest BCUT2D eigenvalue weighted by molar-refractivity contribution is -0.116. The molecule has 0 spiro atoms. The number of benzene rings is 1. The summed E-state index contributed by atoms with van der Waals surface area (Å²) in [5.74, 6) is 0.672. The molecule has 5 nitrogen and oxygen atoms in total. The van der Waals surface area contributed by atoms with Crippen molar-refractivity contribution < 1.29 is 4.79 Å². The van der Waals surface area contributed by atoms with Gasteiger partial charge in [-0.2, -0.15) is 0 Å². The minimum atomic E-state index is -0.523. The molecule has 1 atom stereocenters. The number of piperidine rings is 1. The molecule has 0 saturated carbocycles. The molecule has 1 aliphatic rings. The van der Waals surface area contributed by atoms with Crippen LogP contribution in [0.25, 0.3) is 10.2 Å². The molecule has 0 bridgehead atoms. The third-order valence-electron chi connectivity index (χ3n) is 5.34. The number of nitrogens with zero attached hydrogens (tertiary/aromatic N) is 3. The Morgan fingerprint density at radius 2 is 2.15 bits per heavy atom. The molecule has 1 saturated heterocycles. The number of likely N-dealkylation sites (tertiary alicyclic amines) is 1. The summed E-state index contributed by atoms with van der Waals surface area (Å²) in [5.41, 5.74) is 0.824. The Hall–Kier alpha value is -1.28. The van der Waals surface area contributed by atoms with E-state index >= 15 is 0 Å². The lowest BCUT2D eigenvalue weighted by Crippen LogP contribution is -2.42. The first kappa shape index (κ1) is 20.5. The van der Waals surface area contributed by atoms with Gasteiger partial charge >= 0.3 is 4.87 Å². The van der Waals surface area contributed by atoms with Crippen LogP contribution in [0.2, 0.25) is 0 Å². The van der Waals surface area contributed by atoms with Crippen LogP contribution >= 0.6 is 27.3 Å². The molecule has 0 aliphatic carbocycles. The second-order valence-corrected chi connectivity index (χ2v) is 9.13. The molecule has 3 rings (SSSR count). The summed E-state index contributed by atoms with van der Waals surface area (Å²) < 4.78 is 3.47. The minimum Gasteiger partial charge on any atom is -0.303 e. The topological polar surface area (TPSA) is 45.5 Å². The van der Waals surface area contributed by atoms with Crippen molar-refractivity contribution in [3.8, 4) is 0 Å². The molecule has 1 fully saturated rings. The summed E-state index contributed by atoms with van der Waals surface area (Å²) in [6.07, 6.45) is 5.60. The number of thiazole rings is 1. The molecule has 0 N–H and O–H groups in total. The number of halogens is 1. The average molecular weight is 452 g/mol. The highest BCUT2D eigenvalue weighted by atomic mass is 79.9. The smallest absolute Gasteiger partial charge is 0.303 e. The first-order valence-electron chi connectivity index (χ1n) is 9.33. The molecular formula is C20H26BrN3O2S. The van der Waals surface area contributed by atoms with Gasteiger partial charge in [-0.15, -0.1) is 6.58 Å². The maximum atomic E-state index is 12.6. The molecule has 1 aromatic carbocycles. The molecular weight excluding hydrogens is 426 g/mol. The van der Waals surface area contributed by atoms with Gasteiger partial charge in [-0.3, -0.25) is 19.1 Å². The molecule has 2 aromatic rings. The maximum absolute atomic E-state index is 12.6. The summed E-state index contributed by atoms with van der Waals surface area (Å²) in [5, 5.41) is 0. The van der Waals surface area contributed by atoms with Crippen LogP contribution in [-0.2, 0) is 4.79 Å². The highest BCUT2D eigenvalue weighted by Gasteiger charge is 2.28. The van der Waals surface area contributed by atoms with E-state index in [0.29, 0.717) is 5.92 Å². The Bertz CT molecular complexity index is 855. The Labute approximate surface area is 172 Å². The maximum Gasteiger partial charge on any atom is 0.309 e. The number of carbonyl (C=O) groups excluding carboxylic acids is 1. The van der Waals surface area contributed by atoms with E-state index in [1.165, 1.54) is 11.3 Å². The first-order valence-corrected chi connectivity index (χ1v) is 10.9. The van der Waals surface area contributed by atoms with Gasteiger partial charge < -0.3 is 4.90 Å². The number of fused-ring (bicyclic) bond motifs is 1. The van der Waals surface area contributed by atoms with Gasteiger partial charge in [0.05, 0.1) is 10.2 Å². The number of rotatable bonds is 8. The lowest BCUT2D eigenvalue weighted by atomic mass is 9.93. The number of carbonyl (C=O) groups is 1. The van der Waals surface area contributed by atoms with Crippen LogP contribution in [0.1, 0.15) is 25.4 Å². The van der Waals surface area contributed by atoms with Crippen LogP contribution in [0, 0.1) is 5.92 Å². The number of hydrogen-bond acceptors (Lipinski definition) is 5. The largest absolute Gasteiger partial charge is 0.309 e. The standard InChI is InChI=1S/C20H26BrN3O2S/c1-3-9-22(2)10-6-15-7-11-23(12-8-15)19(14-25)24-17-13-16(21)4-5-18(17)27-20(24)26/h3-5,13-15,19H,1,6-12H2,2H3. The fourth-order valence-corrected chi connectivity index (χ4v) is 5.03. The summed E-state index contributed by atoms with van der Waals surface area (Å²) in [6, 6.07) is 5.77. The average Bonchev–Trinajstić information content (AvgIpc) is 2.97. The monoisotopic (exact) mass is 451 g/mol. The summed E-state index contributed by atoms with van der Waals surface area (Å²) in [4.78, 5) is 28.8. The van der Waals surface area contributed by atoms with Crippen molar-refractivity contribution in [3.05, 3.63) is 45.0 Å². The van der Waals surface area contributed by atoms with Crippen LogP contribution in [0.5, 0.6) is 0 Å². The van der Waals surface area contributed by atoms with Gasteiger partial charge in [-0.25, -0.2) is 0 Å². The van der Waals surface area contributed by atoms with Gasteiger partial charge in [0.2, 0.25) is 0 Å². The normalized spacial score (nSPS) is 17.4. The fraction of sp³-hybridized carbons (Fsp3) is 0.500. The van der Waals surface area contributed by atoms with Crippen LogP contribution in [0.15, 0.2) is 40.1 Å². The molecule has 2 heterocycles. The quantitative estimate of drug-likeness (QED) is 0.452. The predicted molar refractivity (Wildman–Crippen MR) is 115 cm³/mol. The van der Waals surface area contributed by atoms with E-state index in [2.05, 4.69) is 39.4 Å². The van der Waals surface area contributed by atoms with E-state index in [-0.39, 0.29) is 4.87 Å². The third kappa shape index (κ3) is 4.77. The Kier molecular flexibility index (Phi) is 7.03. The SMILES string of the molecule is C=CCN(C)CCC1CCN(C(C=O)n2c(=O)sc3ccc(Br)cc32)CC1. The van der Waals surface area contributed by atoms with E-state index in [0.717, 1.165) is 66.4 Å². The van der Waals surface area contributed by atoms with Crippen LogP contribution in [-0.4, -0.2) is 53.9 Å². The van der Waals surface area contributed by atoms with Crippen LogP contribution in [0.3, 0.4) is 0 Å². The van der Waals surface area contributed by atoms with E-state index in [1.54, 1.807) is 4.57 Å². The van der Waals surface area contributed by atoms with Gasteiger partial charge in [0.1, 0.15) is 6.17 Å². The second kappa shape index (κ2) is 9.28. The zero-order chi connectivity index (χ0) is 19.4. The summed E-state index contributed by atoms with van der Waals surface area (Å²) in [6.45, 7) is 7.45. The molecule has 0 amide bonds. The number of aldehydes is 1. The van der Waals surface area contributed by atoms with Crippen molar-refractivity contribution in [2.24, 2.45) is 5.92 Å². The van der Waals surface area contributed by atoms with Gasteiger partial charge in [0.15, 0.2) is 6.29 Å². The van der Waals surface area contributed by atoms with Gasteiger partial charge in [-0.05, 0) is 57.0 Å². The zero-order valence-electron chi connectivity index (χ0n) is 15.6. The number of likely N-dealkylation sites (N-methyl/N-ethyl adjacent to an activating group) is 1. The van der Waals surface area contributed by atoms with E-state index in [1.807, 2.05) is 24.3 Å². The zero-order valence-corrected chi connectivity index (χ0v) is 18.0. The lowest BCUT2D eigenvalue weighted by Gasteiger charge is -2.36. The molecule has 1 unspecified atom stereocenters. The highest BCUT2D eigenvalue weighted by molar-refractivity contribution is 9.10. The van der Waals surface area contributed by atoms with Crippen molar-refractivity contribution in [2.75, 3.05) is 33.2 Å². The predicted octanol–water partition coefficient (Wildman–Crippen LogP) is 3.74. The Morgan fingerprint density at radius 3 is 2.81 bits per heavy atom. The Morgan fingerprint density at radius 1 is 1.41 bits per heavy atom. The third-order valence-corrected chi connectivity index (χ3v) is 6.77. The molecule has 0 radical (unpaired) electrons. The molecule has 146 valence electrons. The molecule has 1 aliphatic heterocycles. The number of hydrogen-bond donors (Lipinski definition) is 0. The van der Waals surface area contributed by atoms with Gasteiger partial charge in [-0.1, -0.05) is 33.3 Å². The van der Waals surface area contributed by atoms with Crippen molar-refractivity contribution in [1.82, 2.24) is 14.4 Å². The van der Waals surface area contributed by atoms with Crippen LogP contribution < -0.4 is 4.87 Å². The molecule has 27 heavy (non-hydrogen) atoms. The fourth-order valence-electron chi connectivity index (χ4n) is 3.79. The number of aromatic nitrogens is 1. The van der Waals surface area contributed by atoms with E-state index in [9.17, 15) is 9.59 Å². The van der Waals surface area contributed by atoms with E-state index in [4.69, 9.17) is 0 Å². The molecule has 7 heteroatoms. The van der Waals surface area contributed by atoms with Crippen molar-refractivity contribution in [3.63, 3.8) is 0 Å². The van der Waals surface area contributed by atoms with Crippen molar-refractivity contribution in [1.29, 1.82) is 0 Å². The second-order valence-electron chi connectivity index (χ2n) is 7.22. The van der Waals surface area contributed by atoms with E-state index < -0.39 is 6.17 Å². The Balaban J connectivity index is 1.69. The summed E-state index contributed by atoms with van der Waals surface area (Å²) >= 11 is 4.67. The van der Waals surface area contributed by atoms with Crippen molar-refractivity contribution in [2.45, 2.75) is 25.4 Å². The van der Waals surface area contributed by atoms with Crippen LogP contribution in [0.4, 0.5) is 0 Å². The molecule has 1 aromatic heterocycles. The summed E-state index contributed by atoms with van der Waals surface area (Å²) in [7, 11) is 2.12. The highest BCUT2D eigenvalue weighted by Crippen LogP contribution is 2.28.